The van der Waals surface area contributed by atoms with Crippen LogP contribution in [0.5, 0.6) is 0 Å². The molecule has 2 heteroatoms. The summed E-state index contributed by atoms with van der Waals surface area (Å²) in [6, 6.07) is 8.60. The molecule has 0 N–H and O–H groups in total. The van der Waals surface area contributed by atoms with Crippen molar-refractivity contribution < 1.29 is 0 Å². The zero-order chi connectivity index (χ0) is 13.6. The van der Waals surface area contributed by atoms with E-state index in [0.29, 0.717) is 0 Å². The summed E-state index contributed by atoms with van der Waals surface area (Å²) in [7, 11) is 0. The van der Waals surface area contributed by atoms with Gasteiger partial charge in [-0.3, -0.25) is 0 Å². The third-order valence-electron chi connectivity index (χ3n) is 4.07. The lowest BCUT2D eigenvalue weighted by atomic mass is 9.93. The molecule has 0 saturated carbocycles. The first-order chi connectivity index (χ1) is 9.19. The minimum absolute atomic E-state index is 0.883. The molecule has 98 valence electrons. The Bertz CT molecular complexity index is 659. The molecule has 0 unspecified atom stereocenters. The van der Waals surface area contributed by atoms with E-state index in [-0.39, 0.29) is 0 Å². The number of benzene rings is 2. The van der Waals surface area contributed by atoms with Crippen LogP contribution >= 0.6 is 27.5 Å². The predicted molar refractivity (Wildman–Crippen MR) is 86.2 cm³/mol. The van der Waals surface area contributed by atoms with Crippen LogP contribution in [0.1, 0.15) is 36.1 Å². The van der Waals surface area contributed by atoms with E-state index < -0.39 is 0 Å². The molecule has 2 aromatic carbocycles. The first-order valence-electron chi connectivity index (χ1n) is 6.78. The van der Waals surface area contributed by atoms with Gasteiger partial charge in [0.1, 0.15) is 0 Å². The first-order valence-corrected chi connectivity index (χ1v) is 7.95. The zero-order valence-electron chi connectivity index (χ0n) is 11.2. The summed E-state index contributed by atoms with van der Waals surface area (Å²) in [5.41, 5.74) is 8.24. The Morgan fingerprint density at radius 1 is 1.11 bits per heavy atom. The summed E-state index contributed by atoms with van der Waals surface area (Å²) in [5, 5.41) is 0.883. The van der Waals surface area contributed by atoms with Crippen molar-refractivity contribution in [1.29, 1.82) is 0 Å². The lowest BCUT2D eigenvalue weighted by Gasteiger charge is -2.17. The maximum absolute atomic E-state index is 6.63. The van der Waals surface area contributed by atoms with E-state index >= 15 is 0 Å². The van der Waals surface area contributed by atoms with Gasteiger partial charge in [-0.05, 0) is 63.0 Å². The van der Waals surface area contributed by atoms with Crippen molar-refractivity contribution in [1.82, 2.24) is 0 Å². The predicted octanol–water partition coefficient (Wildman–Crippen LogP) is 5.80. The molecular formula is C17H16BrCl. The van der Waals surface area contributed by atoms with Gasteiger partial charge in [0.25, 0.3) is 0 Å². The highest BCUT2D eigenvalue weighted by atomic mass is 79.9. The fourth-order valence-electron chi connectivity index (χ4n) is 3.22. The molecule has 3 rings (SSSR count). The van der Waals surface area contributed by atoms with Crippen molar-refractivity contribution in [2.45, 2.75) is 33.1 Å². The molecule has 0 aromatic heterocycles. The van der Waals surface area contributed by atoms with Gasteiger partial charge in [0.05, 0.1) is 5.02 Å². The summed E-state index contributed by atoms with van der Waals surface area (Å²) < 4.78 is 1.09. The summed E-state index contributed by atoms with van der Waals surface area (Å²) in [6.45, 7) is 4.43. The summed E-state index contributed by atoms with van der Waals surface area (Å²) >= 11 is 10.3. The lowest BCUT2D eigenvalue weighted by Crippen LogP contribution is -2.00. The van der Waals surface area contributed by atoms with Gasteiger partial charge in [0.15, 0.2) is 0 Å². The Kier molecular flexibility index (Phi) is 3.44. The van der Waals surface area contributed by atoms with E-state index in [1.165, 1.54) is 33.4 Å². The van der Waals surface area contributed by atoms with Gasteiger partial charge in [-0.1, -0.05) is 49.7 Å². The minimum atomic E-state index is 0.883. The fourth-order valence-corrected chi connectivity index (χ4v) is 4.27. The van der Waals surface area contributed by atoms with Crippen LogP contribution in [0.3, 0.4) is 0 Å². The van der Waals surface area contributed by atoms with E-state index in [1.807, 2.05) is 0 Å². The van der Waals surface area contributed by atoms with Crippen LogP contribution in [-0.4, -0.2) is 0 Å². The molecule has 0 aliphatic heterocycles. The normalized spacial score (nSPS) is 12.4. The zero-order valence-corrected chi connectivity index (χ0v) is 13.5. The van der Waals surface area contributed by atoms with Crippen molar-refractivity contribution in [3.63, 3.8) is 0 Å². The second kappa shape index (κ2) is 4.96. The number of hydrogen-bond donors (Lipinski definition) is 0. The smallest absolute Gasteiger partial charge is 0.0632 e. The van der Waals surface area contributed by atoms with Gasteiger partial charge < -0.3 is 0 Å². The molecule has 0 bridgehead atoms. The Balaban J connectivity index is 2.37. The molecular weight excluding hydrogens is 320 g/mol. The number of rotatable bonds is 2. The van der Waals surface area contributed by atoms with Crippen molar-refractivity contribution in [2.24, 2.45) is 0 Å². The molecule has 0 amide bonds. The highest BCUT2D eigenvalue weighted by molar-refractivity contribution is 9.10. The van der Waals surface area contributed by atoms with Gasteiger partial charge >= 0.3 is 0 Å². The average Bonchev–Trinajstić information content (AvgIpc) is 2.81. The number of halogens is 2. The summed E-state index contributed by atoms with van der Waals surface area (Å²) in [4.78, 5) is 0. The van der Waals surface area contributed by atoms with E-state index in [2.05, 4.69) is 54.0 Å². The van der Waals surface area contributed by atoms with E-state index in [0.717, 1.165) is 28.8 Å². The third kappa shape index (κ3) is 1.86. The van der Waals surface area contributed by atoms with Crippen LogP contribution in [-0.2, 0) is 19.3 Å². The third-order valence-corrected chi connectivity index (χ3v) is 5.55. The molecule has 1 aliphatic rings. The molecule has 0 radical (unpaired) electrons. The highest BCUT2D eigenvalue weighted by Gasteiger charge is 2.27. The first kappa shape index (κ1) is 13.2. The Labute approximate surface area is 127 Å². The van der Waals surface area contributed by atoms with Crippen LogP contribution in [0, 0.1) is 0 Å². The van der Waals surface area contributed by atoms with Gasteiger partial charge in [-0.25, -0.2) is 0 Å². The second-order valence-electron chi connectivity index (χ2n) is 4.98. The van der Waals surface area contributed by atoms with E-state index in [4.69, 9.17) is 11.6 Å². The molecule has 0 nitrogen and oxygen atoms in total. The lowest BCUT2D eigenvalue weighted by molar-refractivity contribution is 1.000. The standard InChI is InChI=1S/C17H16BrCl/c1-3-11-12(4-2)16(18)17(19)15-13-8-6-5-7-10(13)9-14(11)15/h5-8H,3-4,9H2,1-2H3. The molecule has 1 aliphatic carbocycles. The molecule has 0 fully saturated rings. The molecule has 0 heterocycles. The van der Waals surface area contributed by atoms with Crippen LogP contribution in [0.4, 0.5) is 0 Å². The van der Waals surface area contributed by atoms with E-state index in [9.17, 15) is 0 Å². The highest BCUT2D eigenvalue weighted by Crippen LogP contribution is 2.47. The van der Waals surface area contributed by atoms with E-state index in [1.54, 1.807) is 0 Å². The largest absolute Gasteiger partial charge is 0.0824 e. The van der Waals surface area contributed by atoms with Crippen molar-refractivity contribution in [3.05, 3.63) is 56.0 Å². The van der Waals surface area contributed by atoms with Crippen LogP contribution in [0.2, 0.25) is 5.02 Å². The summed E-state index contributed by atoms with van der Waals surface area (Å²) in [6.07, 6.45) is 3.11. The molecule has 19 heavy (non-hydrogen) atoms. The van der Waals surface area contributed by atoms with Crippen LogP contribution in [0.15, 0.2) is 28.7 Å². The second-order valence-corrected chi connectivity index (χ2v) is 6.15. The number of hydrogen-bond acceptors (Lipinski definition) is 0. The van der Waals surface area contributed by atoms with Gasteiger partial charge in [0, 0.05) is 10.0 Å². The topological polar surface area (TPSA) is 0 Å². The van der Waals surface area contributed by atoms with Crippen molar-refractivity contribution in [2.75, 3.05) is 0 Å². The fraction of sp³-hybridized carbons (Fsp3) is 0.294. The quantitative estimate of drug-likeness (QED) is 0.555. The average molecular weight is 336 g/mol. The van der Waals surface area contributed by atoms with Crippen LogP contribution < -0.4 is 0 Å². The van der Waals surface area contributed by atoms with Crippen molar-refractivity contribution in [3.8, 4) is 11.1 Å². The van der Waals surface area contributed by atoms with Gasteiger partial charge in [-0.2, -0.15) is 0 Å². The number of fused-ring (bicyclic) bond motifs is 3. The Morgan fingerprint density at radius 3 is 2.47 bits per heavy atom. The molecule has 0 saturated heterocycles. The molecule has 0 atom stereocenters. The van der Waals surface area contributed by atoms with Gasteiger partial charge in [0.2, 0.25) is 0 Å². The van der Waals surface area contributed by atoms with Crippen molar-refractivity contribution >= 4 is 27.5 Å². The Morgan fingerprint density at radius 2 is 1.79 bits per heavy atom. The Hall–Kier alpha value is -0.790. The van der Waals surface area contributed by atoms with Crippen LogP contribution in [0.25, 0.3) is 11.1 Å². The SMILES string of the molecule is CCc1c(Br)c(Cl)c2c(c1CC)Cc1ccccc1-2. The maximum atomic E-state index is 6.63. The monoisotopic (exact) mass is 334 g/mol. The summed E-state index contributed by atoms with van der Waals surface area (Å²) in [5.74, 6) is 0. The van der Waals surface area contributed by atoms with Gasteiger partial charge in [-0.15, -0.1) is 0 Å². The minimum Gasteiger partial charge on any atom is -0.0824 e. The maximum Gasteiger partial charge on any atom is 0.0632 e. The molecule has 2 aromatic rings. The molecule has 0 spiro atoms.